The van der Waals surface area contributed by atoms with Crippen molar-refractivity contribution in [3.8, 4) is 0 Å². The van der Waals surface area contributed by atoms with Crippen LogP contribution >= 0.6 is 24.0 Å². The van der Waals surface area contributed by atoms with Gasteiger partial charge < -0.3 is 15.2 Å². The number of fused-ring (bicyclic) bond motifs is 1. The van der Waals surface area contributed by atoms with E-state index in [9.17, 15) is 0 Å². The molecule has 0 radical (unpaired) electrons. The highest BCUT2D eigenvalue weighted by Crippen LogP contribution is 2.11. The molecule has 0 fully saturated rings. The third-order valence-electron chi connectivity index (χ3n) is 3.99. The molecule has 0 bridgehead atoms. The Labute approximate surface area is 172 Å². The average Bonchev–Trinajstić information content (AvgIpc) is 3.04. The highest BCUT2D eigenvalue weighted by Gasteiger charge is 2.04. The summed E-state index contributed by atoms with van der Waals surface area (Å²) in [6.07, 6.45) is 1.92. The first-order valence-electron chi connectivity index (χ1n) is 8.65. The molecule has 0 aliphatic rings. The van der Waals surface area contributed by atoms with Gasteiger partial charge in [0, 0.05) is 27.1 Å². The van der Waals surface area contributed by atoms with E-state index in [1.807, 2.05) is 55.4 Å². The lowest BCUT2D eigenvalue weighted by Crippen LogP contribution is -2.37. The zero-order chi connectivity index (χ0) is 17.5. The number of aliphatic imine (C=N–C) groups is 1. The van der Waals surface area contributed by atoms with Gasteiger partial charge in [0.1, 0.15) is 5.82 Å². The molecule has 1 heterocycles. The highest BCUT2D eigenvalue weighted by molar-refractivity contribution is 14.0. The summed E-state index contributed by atoms with van der Waals surface area (Å²) < 4.78 is 0. The van der Waals surface area contributed by atoms with E-state index >= 15 is 0 Å². The van der Waals surface area contributed by atoms with E-state index in [0.29, 0.717) is 6.54 Å². The van der Waals surface area contributed by atoms with Crippen LogP contribution in [-0.2, 0) is 13.0 Å². The van der Waals surface area contributed by atoms with Gasteiger partial charge in [0.25, 0.3) is 0 Å². The Hall–Kier alpha value is -2.09. The van der Waals surface area contributed by atoms with Crippen molar-refractivity contribution < 1.29 is 0 Å². The molecule has 0 atom stereocenters. The van der Waals surface area contributed by atoms with Crippen LogP contribution in [0.3, 0.4) is 0 Å². The summed E-state index contributed by atoms with van der Waals surface area (Å²) >= 11 is 0. The van der Waals surface area contributed by atoms with E-state index < -0.39 is 0 Å². The summed E-state index contributed by atoms with van der Waals surface area (Å²) in [5.74, 6) is 1.95. The molecule has 0 saturated carbocycles. The summed E-state index contributed by atoms with van der Waals surface area (Å²) in [5, 5.41) is 3.43. The maximum atomic E-state index is 4.68. The number of aromatic amines is 1. The molecule has 6 heteroatoms. The minimum absolute atomic E-state index is 0. The standard InChI is InChI=1S/C20H25N5.HI/c1-25(2)20(22-15-16-9-4-3-5-10-16)21-14-8-13-19-23-17-11-6-7-12-18(17)24-19;/h3-7,9-12H,8,13-15H2,1-2H3,(H,21,22)(H,23,24);1H. The summed E-state index contributed by atoms with van der Waals surface area (Å²) in [4.78, 5) is 14.7. The second kappa shape index (κ2) is 10.2. The van der Waals surface area contributed by atoms with Crippen molar-refractivity contribution in [3.63, 3.8) is 0 Å². The molecular weight excluding hydrogens is 437 g/mol. The first-order valence-corrected chi connectivity index (χ1v) is 8.65. The number of imidazole rings is 1. The minimum Gasteiger partial charge on any atom is -0.356 e. The number of aromatic nitrogens is 2. The Morgan fingerprint density at radius 3 is 2.54 bits per heavy atom. The van der Waals surface area contributed by atoms with Crippen LogP contribution in [0.1, 0.15) is 17.8 Å². The average molecular weight is 463 g/mol. The number of benzene rings is 2. The van der Waals surface area contributed by atoms with Crippen LogP contribution in [0.2, 0.25) is 0 Å². The predicted molar refractivity (Wildman–Crippen MR) is 119 cm³/mol. The molecule has 138 valence electrons. The number of para-hydroxylation sites is 2. The minimum atomic E-state index is 0. The van der Waals surface area contributed by atoms with Gasteiger partial charge in [-0.25, -0.2) is 9.98 Å². The fraction of sp³-hybridized carbons (Fsp3) is 0.300. The van der Waals surface area contributed by atoms with Gasteiger partial charge in [0.05, 0.1) is 17.6 Å². The van der Waals surface area contributed by atoms with Crippen molar-refractivity contribution in [1.29, 1.82) is 0 Å². The van der Waals surface area contributed by atoms with Gasteiger partial charge in [0.15, 0.2) is 5.96 Å². The highest BCUT2D eigenvalue weighted by atomic mass is 127. The van der Waals surface area contributed by atoms with Gasteiger partial charge in [-0.1, -0.05) is 42.5 Å². The number of hydrogen-bond donors (Lipinski definition) is 2. The first kappa shape index (κ1) is 20.2. The molecule has 0 aliphatic carbocycles. The molecule has 2 aromatic carbocycles. The lowest BCUT2D eigenvalue weighted by atomic mass is 10.2. The summed E-state index contributed by atoms with van der Waals surface area (Å²) in [5.41, 5.74) is 3.35. The number of hydrogen-bond acceptors (Lipinski definition) is 2. The lowest BCUT2D eigenvalue weighted by molar-refractivity contribution is 0.573. The summed E-state index contributed by atoms with van der Waals surface area (Å²) in [7, 11) is 4.02. The van der Waals surface area contributed by atoms with Crippen LogP contribution in [0.5, 0.6) is 0 Å². The van der Waals surface area contributed by atoms with Crippen molar-refractivity contribution in [2.75, 3.05) is 20.6 Å². The zero-order valence-corrected chi connectivity index (χ0v) is 17.6. The number of nitrogens with one attached hydrogen (secondary N) is 2. The molecule has 0 saturated heterocycles. The Morgan fingerprint density at radius 2 is 1.81 bits per heavy atom. The second-order valence-electron chi connectivity index (χ2n) is 6.25. The Bertz CT molecular complexity index is 793. The van der Waals surface area contributed by atoms with E-state index in [2.05, 4.69) is 38.5 Å². The van der Waals surface area contributed by atoms with Gasteiger partial charge in [0.2, 0.25) is 0 Å². The lowest BCUT2D eigenvalue weighted by Gasteiger charge is -2.17. The Kier molecular flexibility index (Phi) is 7.90. The third kappa shape index (κ3) is 5.72. The number of rotatable bonds is 6. The maximum Gasteiger partial charge on any atom is 0.193 e. The van der Waals surface area contributed by atoms with Crippen molar-refractivity contribution in [3.05, 3.63) is 66.0 Å². The monoisotopic (exact) mass is 463 g/mol. The van der Waals surface area contributed by atoms with Crippen molar-refractivity contribution in [1.82, 2.24) is 20.2 Å². The molecule has 0 amide bonds. The topological polar surface area (TPSA) is 56.3 Å². The smallest absolute Gasteiger partial charge is 0.193 e. The van der Waals surface area contributed by atoms with Crippen LogP contribution in [0, 0.1) is 0 Å². The Morgan fingerprint density at radius 1 is 1.08 bits per heavy atom. The number of nitrogens with zero attached hydrogens (tertiary/aromatic N) is 3. The summed E-state index contributed by atoms with van der Waals surface area (Å²) in [6, 6.07) is 18.4. The second-order valence-corrected chi connectivity index (χ2v) is 6.25. The fourth-order valence-corrected chi connectivity index (χ4v) is 2.69. The number of guanidine groups is 1. The number of halogens is 1. The normalized spacial score (nSPS) is 11.2. The molecule has 1 aromatic heterocycles. The zero-order valence-electron chi connectivity index (χ0n) is 15.3. The molecule has 0 unspecified atom stereocenters. The SMILES string of the molecule is CN(C)C(=NCc1ccccc1)NCCCc1nc2ccccc2[nH]1.I. The van der Waals surface area contributed by atoms with E-state index in [1.54, 1.807) is 0 Å². The van der Waals surface area contributed by atoms with Crippen LogP contribution in [0.25, 0.3) is 11.0 Å². The van der Waals surface area contributed by atoms with Crippen molar-refractivity contribution in [2.24, 2.45) is 4.99 Å². The van der Waals surface area contributed by atoms with Crippen LogP contribution in [0.4, 0.5) is 0 Å². The maximum absolute atomic E-state index is 4.68. The molecule has 5 nitrogen and oxygen atoms in total. The van der Waals surface area contributed by atoms with E-state index in [0.717, 1.165) is 42.2 Å². The summed E-state index contributed by atoms with van der Waals surface area (Å²) in [6.45, 7) is 1.55. The first-order chi connectivity index (χ1) is 12.2. The van der Waals surface area contributed by atoms with Crippen molar-refractivity contribution >= 4 is 41.0 Å². The van der Waals surface area contributed by atoms with E-state index in [4.69, 9.17) is 0 Å². The van der Waals surface area contributed by atoms with Gasteiger partial charge in [-0.3, -0.25) is 0 Å². The van der Waals surface area contributed by atoms with Crippen LogP contribution < -0.4 is 5.32 Å². The molecule has 3 rings (SSSR count). The molecule has 0 aliphatic heterocycles. The largest absolute Gasteiger partial charge is 0.356 e. The molecule has 26 heavy (non-hydrogen) atoms. The van der Waals surface area contributed by atoms with Gasteiger partial charge in [-0.2, -0.15) is 0 Å². The fourth-order valence-electron chi connectivity index (χ4n) is 2.69. The number of H-pyrrole nitrogens is 1. The molecule has 3 aromatic rings. The van der Waals surface area contributed by atoms with E-state index in [-0.39, 0.29) is 24.0 Å². The van der Waals surface area contributed by atoms with Gasteiger partial charge >= 0.3 is 0 Å². The number of aryl methyl sites for hydroxylation is 1. The van der Waals surface area contributed by atoms with Crippen LogP contribution in [-0.4, -0.2) is 41.5 Å². The molecule has 2 N–H and O–H groups in total. The van der Waals surface area contributed by atoms with Gasteiger partial charge in [-0.15, -0.1) is 24.0 Å². The quantitative estimate of drug-likeness (QED) is 0.253. The van der Waals surface area contributed by atoms with E-state index in [1.165, 1.54) is 5.56 Å². The van der Waals surface area contributed by atoms with Crippen molar-refractivity contribution in [2.45, 2.75) is 19.4 Å². The predicted octanol–water partition coefficient (Wildman–Crippen LogP) is 3.82. The van der Waals surface area contributed by atoms with Crippen LogP contribution in [0.15, 0.2) is 59.6 Å². The van der Waals surface area contributed by atoms with Gasteiger partial charge in [-0.05, 0) is 24.1 Å². The third-order valence-corrected chi connectivity index (χ3v) is 3.99. The Balaban J connectivity index is 0.00000243. The molecular formula is C20H26IN5. The molecule has 0 spiro atoms.